The minimum atomic E-state index is -0.165. The van der Waals surface area contributed by atoms with Crippen molar-refractivity contribution in [1.29, 1.82) is 0 Å². The summed E-state index contributed by atoms with van der Waals surface area (Å²) < 4.78 is 0. The van der Waals surface area contributed by atoms with E-state index in [0.717, 1.165) is 38.4 Å². The molecule has 2 rings (SSSR count). The SMILES string of the molecule is CC1(C(=O)NCCC2CC2)CCCNC1.Cl. The molecule has 4 heteroatoms. The zero-order valence-corrected chi connectivity index (χ0v) is 10.9. The zero-order valence-electron chi connectivity index (χ0n) is 10.1. The molecule has 0 aromatic rings. The Labute approximate surface area is 104 Å². The standard InChI is InChI=1S/C12H22N2O.ClH/c1-12(6-2-7-13-9-12)11(15)14-8-5-10-3-4-10;/h10,13H,2-9H2,1H3,(H,14,15);1H. The Morgan fingerprint density at radius 2 is 2.25 bits per heavy atom. The van der Waals surface area contributed by atoms with Crippen LogP contribution in [-0.2, 0) is 4.79 Å². The Morgan fingerprint density at radius 1 is 1.50 bits per heavy atom. The zero-order chi connectivity index (χ0) is 10.7. The van der Waals surface area contributed by atoms with E-state index in [1.807, 2.05) is 0 Å². The number of halogens is 1. The first-order valence-corrected chi connectivity index (χ1v) is 6.20. The average molecular weight is 247 g/mol. The third-order valence-corrected chi connectivity index (χ3v) is 3.68. The van der Waals surface area contributed by atoms with Crippen molar-refractivity contribution in [2.45, 2.75) is 39.0 Å². The highest BCUT2D eigenvalue weighted by atomic mass is 35.5. The molecular weight excluding hydrogens is 224 g/mol. The fourth-order valence-corrected chi connectivity index (χ4v) is 2.26. The predicted octanol–water partition coefficient (Wildman–Crippen LogP) is 1.71. The number of carbonyl (C=O) groups excluding carboxylic acids is 1. The highest BCUT2D eigenvalue weighted by Gasteiger charge is 2.34. The smallest absolute Gasteiger partial charge is 0.227 e. The van der Waals surface area contributed by atoms with Crippen molar-refractivity contribution in [2.75, 3.05) is 19.6 Å². The molecule has 0 radical (unpaired) electrons. The number of carbonyl (C=O) groups is 1. The van der Waals surface area contributed by atoms with Gasteiger partial charge in [0.2, 0.25) is 5.91 Å². The van der Waals surface area contributed by atoms with E-state index >= 15 is 0 Å². The van der Waals surface area contributed by atoms with Gasteiger partial charge in [-0.15, -0.1) is 12.4 Å². The van der Waals surface area contributed by atoms with Crippen LogP contribution in [-0.4, -0.2) is 25.5 Å². The van der Waals surface area contributed by atoms with E-state index in [2.05, 4.69) is 17.6 Å². The van der Waals surface area contributed by atoms with Crippen molar-refractivity contribution < 1.29 is 4.79 Å². The third-order valence-electron chi connectivity index (χ3n) is 3.68. The van der Waals surface area contributed by atoms with Gasteiger partial charge in [-0.05, 0) is 38.6 Å². The molecule has 3 nitrogen and oxygen atoms in total. The van der Waals surface area contributed by atoms with Crippen LogP contribution in [0.4, 0.5) is 0 Å². The van der Waals surface area contributed by atoms with Crippen LogP contribution in [0, 0.1) is 11.3 Å². The van der Waals surface area contributed by atoms with Crippen LogP contribution < -0.4 is 10.6 Å². The van der Waals surface area contributed by atoms with Gasteiger partial charge in [0.1, 0.15) is 0 Å². The maximum Gasteiger partial charge on any atom is 0.227 e. The minimum absolute atomic E-state index is 0. The van der Waals surface area contributed by atoms with Gasteiger partial charge in [0.15, 0.2) is 0 Å². The van der Waals surface area contributed by atoms with Crippen LogP contribution >= 0.6 is 12.4 Å². The third kappa shape index (κ3) is 3.63. The first kappa shape index (κ1) is 13.8. The monoisotopic (exact) mass is 246 g/mol. The Hall–Kier alpha value is -0.280. The van der Waals surface area contributed by atoms with Gasteiger partial charge in [-0.25, -0.2) is 0 Å². The van der Waals surface area contributed by atoms with Crippen LogP contribution in [0.15, 0.2) is 0 Å². The van der Waals surface area contributed by atoms with Gasteiger partial charge in [-0.1, -0.05) is 12.8 Å². The van der Waals surface area contributed by atoms with Crippen LogP contribution in [0.5, 0.6) is 0 Å². The average Bonchev–Trinajstić information content (AvgIpc) is 3.03. The van der Waals surface area contributed by atoms with Gasteiger partial charge in [0.05, 0.1) is 5.41 Å². The van der Waals surface area contributed by atoms with Crippen LogP contribution in [0.3, 0.4) is 0 Å². The lowest BCUT2D eigenvalue weighted by molar-refractivity contribution is -0.131. The van der Waals surface area contributed by atoms with Gasteiger partial charge in [0, 0.05) is 13.1 Å². The fraction of sp³-hybridized carbons (Fsp3) is 0.917. The summed E-state index contributed by atoms with van der Waals surface area (Å²) in [6, 6.07) is 0. The molecule has 1 atom stereocenters. The van der Waals surface area contributed by atoms with Crippen molar-refractivity contribution >= 4 is 18.3 Å². The molecule has 1 aliphatic carbocycles. The molecule has 0 aromatic heterocycles. The van der Waals surface area contributed by atoms with Gasteiger partial charge >= 0.3 is 0 Å². The Bertz CT molecular complexity index is 235. The molecule has 2 N–H and O–H groups in total. The van der Waals surface area contributed by atoms with E-state index in [0.29, 0.717) is 0 Å². The van der Waals surface area contributed by atoms with Gasteiger partial charge < -0.3 is 10.6 Å². The number of hydrogen-bond acceptors (Lipinski definition) is 2. The molecule has 1 unspecified atom stereocenters. The Balaban J connectivity index is 0.00000128. The number of nitrogens with one attached hydrogen (secondary N) is 2. The number of hydrogen-bond donors (Lipinski definition) is 2. The number of piperidine rings is 1. The summed E-state index contributed by atoms with van der Waals surface area (Å²) >= 11 is 0. The second-order valence-electron chi connectivity index (χ2n) is 5.33. The highest BCUT2D eigenvalue weighted by Crippen LogP contribution is 2.32. The molecule has 2 fully saturated rings. The highest BCUT2D eigenvalue weighted by molar-refractivity contribution is 5.85. The second kappa shape index (κ2) is 5.87. The molecule has 1 saturated carbocycles. The molecule has 0 aromatic carbocycles. The van der Waals surface area contributed by atoms with Gasteiger partial charge in [-0.2, -0.15) is 0 Å². The summed E-state index contributed by atoms with van der Waals surface area (Å²) in [4.78, 5) is 12.0. The molecule has 1 amide bonds. The predicted molar refractivity (Wildman–Crippen MR) is 67.8 cm³/mol. The van der Waals surface area contributed by atoms with Crippen molar-refractivity contribution in [3.63, 3.8) is 0 Å². The van der Waals surface area contributed by atoms with E-state index < -0.39 is 0 Å². The quantitative estimate of drug-likeness (QED) is 0.793. The molecule has 0 spiro atoms. The van der Waals surface area contributed by atoms with Crippen LogP contribution in [0.1, 0.15) is 39.0 Å². The molecule has 0 bridgehead atoms. The first-order valence-electron chi connectivity index (χ1n) is 6.20. The topological polar surface area (TPSA) is 41.1 Å². The van der Waals surface area contributed by atoms with Gasteiger partial charge in [0.25, 0.3) is 0 Å². The molecule has 16 heavy (non-hydrogen) atoms. The van der Waals surface area contributed by atoms with Crippen molar-refractivity contribution in [3.8, 4) is 0 Å². The van der Waals surface area contributed by atoms with Gasteiger partial charge in [-0.3, -0.25) is 4.79 Å². The summed E-state index contributed by atoms with van der Waals surface area (Å²) in [5.41, 5.74) is -0.165. The normalized spacial score (nSPS) is 29.3. The molecule has 1 aliphatic heterocycles. The lowest BCUT2D eigenvalue weighted by Crippen LogP contribution is -2.48. The largest absolute Gasteiger partial charge is 0.356 e. The summed E-state index contributed by atoms with van der Waals surface area (Å²) in [6.45, 7) is 4.85. The summed E-state index contributed by atoms with van der Waals surface area (Å²) in [7, 11) is 0. The minimum Gasteiger partial charge on any atom is -0.356 e. The molecular formula is C12H23ClN2O. The molecule has 1 saturated heterocycles. The van der Waals surface area contributed by atoms with E-state index in [1.54, 1.807) is 0 Å². The van der Waals surface area contributed by atoms with E-state index in [4.69, 9.17) is 0 Å². The fourth-order valence-electron chi connectivity index (χ4n) is 2.26. The Morgan fingerprint density at radius 3 is 2.81 bits per heavy atom. The first-order chi connectivity index (χ1) is 7.21. The van der Waals surface area contributed by atoms with Crippen molar-refractivity contribution in [3.05, 3.63) is 0 Å². The summed E-state index contributed by atoms with van der Waals surface area (Å²) in [5.74, 6) is 1.15. The number of amides is 1. The maximum absolute atomic E-state index is 12.0. The van der Waals surface area contributed by atoms with Crippen LogP contribution in [0.2, 0.25) is 0 Å². The summed E-state index contributed by atoms with van der Waals surface area (Å²) in [5, 5.41) is 6.39. The molecule has 94 valence electrons. The lowest BCUT2D eigenvalue weighted by Gasteiger charge is -2.32. The van der Waals surface area contributed by atoms with E-state index in [1.165, 1.54) is 19.3 Å². The lowest BCUT2D eigenvalue weighted by atomic mass is 9.82. The van der Waals surface area contributed by atoms with Crippen molar-refractivity contribution in [1.82, 2.24) is 10.6 Å². The van der Waals surface area contributed by atoms with Crippen LogP contribution in [0.25, 0.3) is 0 Å². The summed E-state index contributed by atoms with van der Waals surface area (Å²) in [6.07, 6.45) is 6.06. The molecule has 1 heterocycles. The maximum atomic E-state index is 12.0. The van der Waals surface area contributed by atoms with E-state index in [9.17, 15) is 4.79 Å². The van der Waals surface area contributed by atoms with E-state index in [-0.39, 0.29) is 23.7 Å². The second-order valence-corrected chi connectivity index (χ2v) is 5.33. The number of rotatable bonds is 4. The van der Waals surface area contributed by atoms with Crippen molar-refractivity contribution in [2.24, 2.45) is 11.3 Å². The Kier molecular flexibility index (Phi) is 5.06. The molecule has 2 aliphatic rings.